The van der Waals surface area contributed by atoms with Crippen molar-refractivity contribution in [3.8, 4) is 0 Å². The number of rotatable bonds is 0. The Labute approximate surface area is 65.0 Å². The third kappa shape index (κ3) is 10.3. The third-order valence-electron chi connectivity index (χ3n) is 0.425. The molecular weight excluding hydrogens is 154 g/mol. The smallest absolute Gasteiger partial charge is 0.125 e. The summed E-state index contributed by atoms with van der Waals surface area (Å²) in [6, 6.07) is 0. The summed E-state index contributed by atoms with van der Waals surface area (Å²) in [4.78, 5) is 0. The Bertz CT molecular complexity index is 76.5. The van der Waals surface area contributed by atoms with Crippen LogP contribution >= 0.6 is 12.8 Å². The number of hydrazine groups is 1. The molecule has 0 unspecified atom stereocenters. The minimum atomic E-state index is 1.46. The molecule has 6 N–H and O–H groups in total. The lowest BCUT2D eigenvalue weighted by Gasteiger charge is -1.94. The number of hydrogen-bond donors (Lipinski definition) is 4. The Hall–Kier alpha value is -0.690. The molecule has 0 amide bonds. The van der Waals surface area contributed by atoms with E-state index in [-0.39, 0.29) is 0 Å². The summed E-state index contributed by atoms with van der Waals surface area (Å²) < 4.78 is 9.17. The zero-order chi connectivity index (χ0) is 8.24. The van der Waals surface area contributed by atoms with Gasteiger partial charge in [-0.2, -0.15) is 0 Å². The van der Waals surface area contributed by atoms with Gasteiger partial charge in [-0.15, -0.1) is 12.8 Å². The first kappa shape index (κ1) is 12.0. The van der Waals surface area contributed by atoms with Gasteiger partial charge in [-0.25, -0.2) is 0 Å². The van der Waals surface area contributed by atoms with Gasteiger partial charge < -0.3 is 9.47 Å². The Morgan fingerprint density at radius 2 is 1.00 bits per heavy atom. The van der Waals surface area contributed by atoms with Crippen molar-refractivity contribution in [1.29, 1.82) is 0 Å². The van der Waals surface area contributed by atoms with E-state index in [1.54, 1.807) is 0 Å². The number of ether oxygens (including phenoxy) is 2. The summed E-state index contributed by atoms with van der Waals surface area (Å²) in [7, 11) is 0. The van der Waals surface area contributed by atoms with Crippen LogP contribution in [-0.2, 0) is 9.47 Å². The molecule has 0 radical (unpaired) electrons. The maximum atomic E-state index is 4.58. The van der Waals surface area contributed by atoms with E-state index in [4.69, 9.17) is 0 Å². The van der Waals surface area contributed by atoms with Crippen molar-refractivity contribution in [2.75, 3.05) is 0 Å². The van der Waals surface area contributed by atoms with E-state index >= 15 is 0 Å². The minimum absolute atomic E-state index is 1.46. The van der Waals surface area contributed by atoms with Crippen LogP contribution in [0.15, 0.2) is 25.0 Å². The molecule has 1 heterocycles. The van der Waals surface area contributed by atoms with Gasteiger partial charge in [0.1, 0.15) is 25.0 Å². The average Bonchev–Trinajstić information content (AvgIpc) is 2.14. The Morgan fingerprint density at radius 3 is 1.10 bits per heavy atom. The van der Waals surface area contributed by atoms with Crippen LogP contribution in [0.5, 0.6) is 0 Å². The molecule has 0 saturated carbocycles. The van der Waals surface area contributed by atoms with Crippen molar-refractivity contribution in [2.24, 2.45) is 16.8 Å². The maximum Gasteiger partial charge on any atom is 0.125 e. The van der Waals surface area contributed by atoms with Crippen molar-refractivity contribution < 1.29 is 9.47 Å². The summed E-state index contributed by atoms with van der Waals surface area (Å²) in [5, 5.41) is 4.19. The molecule has 6 heteroatoms. The van der Waals surface area contributed by atoms with Crippen LogP contribution in [0.3, 0.4) is 0 Å². The zero-order valence-electron chi connectivity index (χ0n) is 5.31. The molecular formula is C4H11N3O2S. The number of hydrogen-bond acceptors (Lipinski definition) is 6. The van der Waals surface area contributed by atoms with E-state index in [1.165, 1.54) is 25.0 Å². The summed E-state index contributed by atoms with van der Waals surface area (Å²) >= 11 is 3.03. The van der Waals surface area contributed by atoms with Gasteiger partial charge in [-0.3, -0.25) is 16.8 Å². The van der Waals surface area contributed by atoms with Gasteiger partial charge in [0.15, 0.2) is 0 Å². The van der Waals surface area contributed by atoms with Crippen molar-refractivity contribution >= 4 is 12.8 Å². The lowest BCUT2D eigenvalue weighted by Crippen LogP contribution is -2.02. The highest BCUT2D eigenvalue weighted by atomic mass is 32.1. The van der Waals surface area contributed by atoms with E-state index in [0.29, 0.717) is 0 Å². The van der Waals surface area contributed by atoms with Gasteiger partial charge in [0.2, 0.25) is 0 Å². The second-order valence-electron chi connectivity index (χ2n) is 0.816. The highest BCUT2D eigenvalue weighted by Gasteiger charge is 1.74. The van der Waals surface area contributed by atoms with Crippen LogP contribution in [0.1, 0.15) is 0 Å². The van der Waals surface area contributed by atoms with Crippen LogP contribution in [0, 0.1) is 0 Å². The van der Waals surface area contributed by atoms with Gasteiger partial charge in [0.25, 0.3) is 0 Å². The number of thiol groups is 1. The summed E-state index contributed by atoms with van der Waals surface area (Å²) in [5.74, 6) is 8.00. The second kappa shape index (κ2) is 15.7. The largest absolute Gasteiger partial charge is 0.466 e. The molecule has 1 aliphatic heterocycles. The fraction of sp³-hybridized carbons (Fsp3) is 0. The maximum absolute atomic E-state index is 4.58. The van der Waals surface area contributed by atoms with Crippen LogP contribution in [0.2, 0.25) is 0 Å². The molecule has 0 bridgehead atoms. The van der Waals surface area contributed by atoms with E-state index < -0.39 is 0 Å². The van der Waals surface area contributed by atoms with Crippen LogP contribution < -0.4 is 16.8 Å². The molecule has 10 heavy (non-hydrogen) atoms. The van der Waals surface area contributed by atoms with E-state index in [0.717, 1.165) is 0 Å². The molecule has 5 nitrogen and oxygen atoms in total. The quantitative estimate of drug-likeness (QED) is 0.222. The van der Waals surface area contributed by atoms with E-state index in [2.05, 4.69) is 39.1 Å². The summed E-state index contributed by atoms with van der Waals surface area (Å²) in [6.45, 7) is 0. The first-order valence-electron chi connectivity index (χ1n) is 2.20. The molecule has 0 fully saturated rings. The van der Waals surface area contributed by atoms with Gasteiger partial charge >= 0.3 is 0 Å². The predicted octanol–water partition coefficient (Wildman–Crippen LogP) is -0.416. The molecule has 0 aromatic carbocycles. The Kier molecular flexibility index (Phi) is 18.9. The van der Waals surface area contributed by atoms with Gasteiger partial charge in [0, 0.05) is 0 Å². The standard InChI is InChI=1S/C4H4O2.H4N2.H3NS/c1-2-6-4-3-5-1;2*1-2/h1-4H;1-2H2;2H,1H2. The second-order valence-corrected chi connectivity index (χ2v) is 0.816. The highest BCUT2D eigenvalue weighted by molar-refractivity contribution is 7.77. The predicted molar refractivity (Wildman–Crippen MR) is 42.0 cm³/mol. The van der Waals surface area contributed by atoms with E-state index in [9.17, 15) is 0 Å². The molecule has 0 aliphatic carbocycles. The van der Waals surface area contributed by atoms with Crippen LogP contribution in [-0.4, -0.2) is 0 Å². The van der Waals surface area contributed by atoms with Gasteiger partial charge in [-0.1, -0.05) is 0 Å². The van der Waals surface area contributed by atoms with E-state index in [1.807, 2.05) is 0 Å². The monoisotopic (exact) mass is 165 g/mol. The SMILES string of the molecule is C1=COC=CO1.NN.NS. The summed E-state index contributed by atoms with van der Waals surface area (Å²) in [5.41, 5.74) is 0. The third-order valence-corrected chi connectivity index (χ3v) is 0.425. The average molecular weight is 165 g/mol. The lowest BCUT2D eigenvalue weighted by molar-refractivity contribution is 0.290. The van der Waals surface area contributed by atoms with Crippen molar-refractivity contribution in [3.63, 3.8) is 0 Å². The van der Waals surface area contributed by atoms with Crippen LogP contribution in [0.25, 0.3) is 0 Å². The molecule has 0 aromatic heterocycles. The first-order chi connectivity index (χ1) is 5.00. The highest BCUT2D eigenvalue weighted by Crippen LogP contribution is 1.89. The number of nitrogens with two attached hydrogens (primary N) is 3. The van der Waals surface area contributed by atoms with Crippen molar-refractivity contribution in [1.82, 2.24) is 0 Å². The van der Waals surface area contributed by atoms with Gasteiger partial charge in [0.05, 0.1) is 0 Å². The molecule has 1 aliphatic rings. The van der Waals surface area contributed by atoms with Crippen LogP contribution in [0.4, 0.5) is 0 Å². The molecule has 60 valence electrons. The Morgan fingerprint density at radius 1 is 0.800 bits per heavy atom. The normalized spacial score (nSPS) is 10.8. The lowest BCUT2D eigenvalue weighted by atomic mass is 10.9. The molecule has 1 rings (SSSR count). The molecule has 0 spiro atoms. The Balaban J connectivity index is 0. The zero-order valence-corrected chi connectivity index (χ0v) is 6.20. The fourth-order valence-electron chi connectivity index (χ4n) is 0.219. The molecule has 0 saturated heterocycles. The molecule has 0 aromatic rings. The first-order valence-corrected chi connectivity index (χ1v) is 2.72. The molecule has 0 atom stereocenters. The van der Waals surface area contributed by atoms with Crippen molar-refractivity contribution in [3.05, 3.63) is 25.0 Å². The fourth-order valence-corrected chi connectivity index (χ4v) is 0.219. The van der Waals surface area contributed by atoms with Gasteiger partial charge in [-0.05, 0) is 0 Å². The minimum Gasteiger partial charge on any atom is -0.466 e. The van der Waals surface area contributed by atoms with Crippen molar-refractivity contribution in [2.45, 2.75) is 0 Å². The summed E-state index contributed by atoms with van der Waals surface area (Å²) in [6.07, 6.45) is 5.83. The topological polar surface area (TPSA) is 96.5 Å².